The molecule has 1 fully saturated rings. The maximum absolute atomic E-state index is 14.5. The molecule has 0 aliphatic carbocycles. The minimum Gasteiger partial charge on any atom is -0.367 e. The van der Waals surface area contributed by atoms with Crippen molar-refractivity contribution in [3.63, 3.8) is 0 Å². The number of alkyl halides is 3. The van der Waals surface area contributed by atoms with E-state index in [4.69, 9.17) is 15.2 Å². The first-order valence-corrected chi connectivity index (χ1v) is 8.64. The molecule has 0 saturated carbocycles. The third-order valence-electron chi connectivity index (χ3n) is 4.22. The number of amides is 1. The number of aryl methyl sites for hydroxylation is 1. The normalized spacial score (nSPS) is 15.7. The highest BCUT2D eigenvalue weighted by Crippen LogP contribution is 2.35. The van der Waals surface area contributed by atoms with Crippen LogP contribution >= 0.6 is 0 Å². The Morgan fingerprint density at radius 3 is 2.59 bits per heavy atom. The third-order valence-corrected chi connectivity index (χ3v) is 4.22. The van der Waals surface area contributed by atoms with Gasteiger partial charge in [0.2, 0.25) is 6.17 Å². The molecule has 3 rings (SSSR count). The summed E-state index contributed by atoms with van der Waals surface area (Å²) in [7, 11) is 0. The number of halogens is 4. The summed E-state index contributed by atoms with van der Waals surface area (Å²) >= 11 is 0. The summed E-state index contributed by atoms with van der Waals surface area (Å²) < 4.78 is 65.3. The molecule has 1 aromatic carbocycles. The molecule has 0 radical (unpaired) electrons. The van der Waals surface area contributed by atoms with Crippen molar-refractivity contribution in [2.45, 2.75) is 32.4 Å². The highest BCUT2D eigenvalue weighted by molar-refractivity contribution is 5.80. The number of hydrogen-bond donors (Lipinski definition) is 2. The van der Waals surface area contributed by atoms with Gasteiger partial charge in [-0.25, -0.2) is 27.5 Å². The molecule has 0 bridgehead atoms. The van der Waals surface area contributed by atoms with E-state index in [1.165, 1.54) is 19.1 Å². The van der Waals surface area contributed by atoms with Crippen LogP contribution in [0.4, 0.5) is 23.4 Å². The molecule has 1 saturated heterocycles. The molecule has 1 atom stereocenters. The first kappa shape index (κ1) is 20.9. The number of nitrogens with one attached hydrogen (secondary N) is 1. The molecule has 0 spiro atoms. The fourth-order valence-electron chi connectivity index (χ4n) is 2.91. The summed E-state index contributed by atoms with van der Waals surface area (Å²) in [6.45, 7) is 1.65. The second kappa shape index (κ2) is 8.70. The minimum atomic E-state index is -2.97. The molecule has 29 heavy (non-hydrogen) atoms. The SMILES string of the molecule is Cc1nc(NCc2cccc(C(F)F)c2F)c(C2OCCO2)c(C(F)C(N)=O)n1. The van der Waals surface area contributed by atoms with Gasteiger partial charge in [0.05, 0.1) is 30.0 Å². The van der Waals surface area contributed by atoms with Crippen LogP contribution in [0.1, 0.15) is 47.1 Å². The average Bonchev–Trinajstić information content (AvgIpc) is 3.20. The predicted octanol–water partition coefficient (Wildman–Crippen LogP) is 3.02. The zero-order chi connectivity index (χ0) is 21.1. The average molecular weight is 414 g/mol. The largest absolute Gasteiger partial charge is 0.367 e. The lowest BCUT2D eigenvalue weighted by Gasteiger charge is -2.20. The van der Waals surface area contributed by atoms with Gasteiger partial charge in [-0.3, -0.25) is 4.79 Å². The van der Waals surface area contributed by atoms with Crippen molar-refractivity contribution in [2.75, 3.05) is 18.5 Å². The van der Waals surface area contributed by atoms with E-state index in [1.807, 2.05) is 0 Å². The van der Waals surface area contributed by atoms with Crippen molar-refractivity contribution in [1.29, 1.82) is 0 Å². The number of ether oxygens (including phenoxy) is 2. The summed E-state index contributed by atoms with van der Waals surface area (Å²) in [5.41, 5.74) is 3.96. The Hall–Kier alpha value is -2.79. The maximum Gasteiger partial charge on any atom is 0.266 e. The predicted molar refractivity (Wildman–Crippen MR) is 93.1 cm³/mol. The third kappa shape index (κ3) is 4.46. The number of carbonyl (C=O) groups excluding carboxylic acids is 1. The lowest BCUT2D eigenvalue weighted by Crippen LogP contribution is -2.23. The molecule has 2 heterocycles. The molecule has 1 amide bonds. The van der Waals surface area contributed by atoms with E-state index >= 15 is 0 Å². The second-order valence-corrected chi connectivity index (χ2v) is 6.23. The minimum absolute atomic E-state index is 0.00447. The lowest BCUT2D eigenvalue weighted by atomic mass is 10.1. The molecule has 156 valence electrons. The molecule has 1 aromatic heterocycles. The first-order valence-electron chi connectivity index (χ1n) is 8.64. The van der Waals surface area contributed by atoms with Gasteiger partial charge in [-0.15, -0.1) is 0 Å². The first-order chi connectivity index (χ1) is 13.8. The molecule has 1 aliphatic heterocycles. The molecule has 2 aromatic rings. The van der Waals surface area contributed by atoms with Crippen LogP contribution in [0, 0.1) is 12.7 Å². The maximum atomic E-state index is 14.5. The van der Waals surface area contributed by atoms with Crippen molar-refractivity contribution in [3.8, 4) is 0 Å². The van der Waals surface area contributed by atoms with Crippen molar-refractivity contribution < 1.29 is 31.8 Å². The van der Waals surface area contributed by atoms with Gasteiger partial charge in [-0.05, 0) is 6.92 Å². The number of nitrogens with zero attached hydrogens (tertiary/aromatic N) is 2. The molecule has 11 heteroatoms. The number of carbonyl (C=O) groups is 1. The highest BCUT2D eigenvalue weighted by Gasteiger charge is 2.33. The van der Waals surface area contributed by atoms with E-state index in [1.54, 1.807) is 0 Å². The van der Waals surface area contributed by atoms with Gasteiger partial charge in [0.25, 0.3) is 12.3 Å². The summed E-state index contributed by atoms with van der Waals surface area (Å²) in [4.78, 5) is 19.5. The van der Waals surface area contributed by atoms with E-state index in [0.717, 1.165) is 6.07 Å². The summed E-state index contributed by atoms with van der Waals surface area (Å²) in [5, 5.41) is 2.77. The van der Waals surface area contributed by atoms with Crippen LogP contribution in [0.5, 0.6) is 0 Å². The summed E-state index contributed by atoms with van der Waals surface area (Å²) in [6, 6.07) is 3.61. The van der Waals surface area contributed by atoms with Crippen LogP contribution in [0.25, 0.3) is 0 Å². The van der Waals surface area contributed by atoms with Crippen molar-refractivity contribution in [2.24, 2.45) is 5.73 Å². The zero-order valence-corrected chi connectivity index (χ0v) is 15.3. The number of benzene rings is 1. The number of hydrogen-bond acceptors (Lipinski definition) is 6. The number of anilines is 1. The van der Waals surface area contributed by atoms with E-state index in [-0.39, 0.29) is 48.2 Å². The topological polar surface area (TPSA) is 99.4 Å². The zero-order valence-electron chi connectivity index (χ0n) is 15.3. The van der Waals surface area contributed by atoms with E-state index in [9.17, 15) is 22.4 Å². The van der Waals surface area contributed by atoms with E-state index in [2.05, 4.69) is 15.3 Å². The number of aromatic nitrogens is 2. The lowest BCUT2D eigenvalue weighted by molar-refractivity contribution is -0.123. The van der Waals surface area contributed by atoms with E-state index < -0.39 is 36.2 Å². The number of rotatable bonds is 7. The van der Waals surface area contributed by atoms with Gasteiger partial charge in [0.15, 0.2) is 6.29 Å². The monoisotopic (exact) mass is 414 g/mol. The van der Waals surface area contributed by atoms with Crippen LogP contribution in [0.15, 0.2) is 18.2 Å². The van der Waals surface area contributed by atoms with Gasteiger partial charge < -0.3 is 20.5 Å². The van der Waals surface area contributed by atoms with Crippen LogP contribution in [0.2, 0.25) is 0 Å². The Bertz CT molecular complexity index is 907. The van der Waals surface area contributed by atoms with Crippen molar-refractivity contribution in [1.82, 2.24) is 9.97 Å². The molecule has 1 unspecified atom stereocenters. The highest BCUT2D eigenvalue weighted by atomic mass is 19.3. The van der Waals surface area contributed by atoms with Crippen LogP contribution in [-0.2, 0) is 20.8 Å². The summed E-state index contributed by atoms with van der Waals surface area (Å²) in [6.07, 6.45) is -6.29. The molecule has 1 aliphatic rings. The fourth-order valence-corrected chi connectivity index (χ4v) is 2.91. The molecular weight excluding hydrogens is 396 g/mol. The Morgan fingerprint density at radius 2 is 1.97 bits per heavy atom. The summed E-state index contributed by atoms with van der Waals surface area (Å²) in [5.74, 6) is -2.19. The second-order valence-electron chi connectivity index (χ2n) is 6.23. The molecule has 7 nitrogen and oxygen atoms in total. The van der Waals surface area contributed by atoms with E-state index in [0.29, 0.717) is 0 Å². The quantitative estimate of drug-likeness (QED) is 0.676. The van der Waals surface area contributed by atoms with Gasteiger partial charge >= 0.3 is 0 Å². The van der Waals surface area contributed by atoms with Crippen molar-refractivity contribution >= 4 is 11.7 Å². The molecular formula is C18H18F4N4O3. The molecule has 3 N–H and O–H groups in total. The van der Waals surface area contributed by atoms with Gasteiger partial charge in [-0.2, -0.15) is 0 Å². The van der Waals surface area contributed by atoms with Crippen LogP contribution in [-0.4, -0.2) is 29.1 Å². The Kier molecular flexibility index (Phi) is 6.28. The van der Waals surface area contributed by atoms with Crippen LogP contribution in [0.3, 0.4) is 0 Å². The Morgan fingerprint density at radius 1 is 1.28 bits per heavy atom. The smallest absolute Gasteiger partial charge is 0.266 e. The van der Waals surface area contributed by atoms with Gasteiger partial charge in [0, 0.05) is 12.1 Å². The van der Waals surface area contributed by atoms with Crippen molar-refractivity contribution in [3.05, 3.63) is 52.2 Å². The number of nitrogens with two attached hydrogens (primary N) is 1. The number of primary amides is 1. The Balaban J connectivity index is 1.98. The Labute approximate surface area is 163 Å². The van der Waals surface area contributed by atoms with Crippen LogP contribution < -0.4 is 11.1 Å². The fraction of sp³-hybridized carbons (Fsp3) is 0.389. The van der Waals surface area contributed by atoms with Gasteiger partial charge in [0.1, 0.15) is 17.5 Å². The van der Waals surface area contributed by atoms with Gasteiger partial charge in [-0.1, -0.05) is 18.2 Å². The standard InChI is InChI=1S/C18H18F4N4O3/c1-8-25-14(13(20)16(23)27)11(18-28-5-6-29-18)17(26-8)24-7-9-3-2-4-10(12(9)19)15(21)22/h2-4,13,15,18H,5-7H2,1H3,(H2,23,27)(H,24,25,26).